The highest BCUT2D eigenvalue weighted by molar-refractivity contribution is 6.43. The zero-order chi connectivity index (χ0) is 11.1. The Morgan fingerprint density at radius 3 is 2.20 bits per heavy atom. The molecule has 15 heavy (non-hydrogen) atoms. The van der Waals surface area contributed by atoms with Crippen LogP contribution in [0.15, 0.2) is 0 Å². The largest absolute Gasteiger partial charge is 0.479 e. The molecule has 2 rings (SSSR count). The molecule has 1 saturated carbocycles. The molecule has 2 aliphatic rings. The summed E-state index contributed by atoms with van der Waals surface area (Å²) in [5.41, 5.74) is -1.09. The van der Waals surface area contributed by atoms with Crippen molar-refractivity contribution in [2.24, 2.45) is 0 Å². The van der Waals surface area contributed by atoms with Crippen LogP contribution in [-0.2, 0) is 14.4 Å². The van der Waals surface area contributed by atoms with E-state index in [0.29, 0.717) is 12.8 Å². The SMILES string of the molecule is O=C1CN(C2(C(=O)O)CCCCC2)C1=O. The second kappa shape index (κ2) is 3.32. The van der Waals surface area contributed by atoms with Gasteiger partial charge in [-0.05, 0) is 12.8 Å². The number of carboxylic acid groups (broad SMARTS) is 1. The van der Waals surface area contributed by atoms with Gasteiger partial charge in [-0.3, -0.25) is 9.59 Å². The van der Waals surface area contributed by atoms with E-state index in [4.69, 9.17) is 0 Å². The summed E-state index contributed by atoms with van der Waals surface area (Å²) in [7, 11) is 0. The van der Waals surface area contributed by atoms with Gasteiger partial charge in [0, 0.05) is 0 Å². The molecule has 5 heteroatoms. The Kier molecular flexibility index (Phi) is 2.25. The second-order valence-electron chi connectivity index (χ2n) is 4.21. The molecule has 0 bridgehead atoms. The molecule has 2 fully saturated rings. The Bertz CT molecular complexity index is 330. The first-order valence-electron chi connectivity index (χ1n) is 5.16. The topological polar surface area (TPSA) is 74.7 Å². The van der Waals surface area contributed by atoms with E-state index in [1.54, 1.807) is 0 Å². The summed E-state index contributed by atoms with van der Waals surface area (Å²) in [6.45, 7) is -0.0227. The fourth-order valence-electron chi connectivity index (χ4n) is 2.42. The number of nitrogens with zero attached hydrogens (tertiary/aromatic N) is 1. The van der Waals surface area contributed by atoms with Crippen molar-refractivity contribution in [3.63, 3.8) is 0 Å². The lowest BCUT2D eigenvalue weighted by atomic mass is 9.78. The van der Waals surface area contributed by atoms with Crippen LogP contribution in [0.25, 0.3) is 0 Å². The van der Waals surface area contributed by atoms with Crippen molar-refractivity contribution >= 4 is 17.7 Å². The van der Waals surface area contributed by atoms with Crippen LogP contribution >= 0.6 is 0 Å². The van der Waals surface area contributed by atoms with Crippen molar-refractivity contribution in [3.8, 4) is 0 Å². The standard InChI is InChI=1S/C10H13NO4/c12-7-6-11(8(7)13)10(9(14)15)4-2-1-3-5-10/h1-6H2,(H,14,15). The van der Waals surface area contributed by atoms with Crippen molar-refractivity contribution in [1.29, 1.82) is 0 Å². The van der Waals surface area contributed by atoms with Crippen molar-refractivity contribution in [2.75, 3.05) is 6.54 Å². The molecule has 0 unspecified atom stereocenters. The number of β-lactam (4-membered cyclic amide) rings is 1. The summed E-state index contributed by atoms with van der Waals surface area (Å²) in [6.07, 6.45) is 3.57. The van der Waals surface area contributed by atoms with Crippen LogP contribution in [0.3, 0.4) is 0 Å². The fraction of sp³-hybridized carbons (Fsp3) is 0.700. The molecule has 0 aromatic rings. The van der Waals surface area contributed by atoms with Gasteiger partial charge in [-0.15, -0.1) is 0 Å². The predicted molar refractivity (Wildman–Crippen MR) is 50.2 cm³/mol. The van der Waals surface area contributed by atoms with E-state index in [1.165, 1.54) is 4.90 Å². The molecule has 0 radical (unpaired) electrons. The van der Waals surface area contributed by atoms with Crippen LogP contribution < -0.4 is 0 Å². The number of likely N-dealkylation sites (tertiary alicyclic amines) is 1. The highest BCUT2D eigenvalue weighted by Crippen LogP contribution is 2.36. The smallest absolute Gasteiger partial charge is 0.329 e. The molecular formula is C10H13NO4. The van der Waals surface area contributed by atoms with Gasteiger partial charge in [0.05, 0.1) is 6.54 Å². The third kappa shape index (κ3) is 1.33. The van der Waals surface area contributed by atoms with Gasteiger partial charge >= 0.3 is 5.97 Å². The van der Waals surface area contributed by atoms with Crippen LogP contribution in [0, 0.1) is 0 Å². The monoisotopic (exact) mass is 211 g/mol. The highest BCUT2D eigenvalue weighted by Gasteiger charge is 2.53. The predicted octanol–water partition coefficient (Wildman–Crippen LogP) is 0.185. The van der Waals surface area contributed by atoms with Crippen LogP contribution in [0.4, 0.5) is 0 Å². The van der Waals surface area contributed by atoms with Crippen LogP contribution in [0.5, 0.6) is 0 Å². The van der Waals surface area contributed by atoms with E-state index < -0.39 is 23.2 Å². The summed E-state index contributed by atoms with van der Waals surface area (Å²) in [5, 5.41) is 9.22. The van der Waals surface area contributed by atoms with Gasteiger partial charge in [-0.2, -0.15) is 0 Å². The van der Waals surface area contributed by atoms with E-state index in [-0.39, 0.29) is 6.54 Å². The number of hydrogen-bond donors (Lipinski definition) is 1. The van der Waals surface area contributed by atoms with E-state index >= 15 is 0 Å². The van der Waals surface area contributed by atoms with Gasteiger partial charge in [0.1, 0.15) is 5.54 Å². The number of aliphatic carboxylic acids is 1. The Morgan fingerprint density at radius 2 is 1.80 bits per heavy atom. The minimum absolute atomic E-state index is 0.0227. The molecule has 1 aliphatic carbocycles. The lowest BCUT2D eigenvalue weighted by Gasteiger charge is -2.46. The highest BCUT2D eigenvalue weighted by atomic mass is 16.4. The van der Waals surface area contributed by atoms with Crippen LogP contribution in [0.1, 0.15) is 32.1 Å². The molecular weight excluding hydrogens is 198 g/mol. The molecule has 0 atom stereocenters. The minimum atomic E-state index is -1.09. The number of amides is 1. The third-order valence-corrected chi connectivity index (χ3v) is 3.38. The molecule has 5 nitrogen and oxygen atoms in total. The van der Waals surface area contributed by atoms with E-state index in [2.05, 4.69) is 0 Å². The molecule has 0 aromatic carbocycles. The first-order valence-corrected chi connectivity index (χ1v) is 5.16. The summed E-state index contributed by atoms with van der Waals surface area (Å²) in [5.74, 6) is -2.07. The Morgan fingerprint density at radius 1 is 1.20 bits per heavy atom. The Hall–Kier alpha value is -1.39. The maximum Gasteiger partial charge on any atom is 0.329 e. The average Bonchev–Trinajstić information content (AvgIpc) is 2.26. The van der Waals surface area contributed by atoms with Crippen molar-refractivity contribution < 1.29 is 19.5 Å². The molecule has 0 aromatic heterocycles. The molecule has 1 N–H and O–H groups in total. The third-order valence-electron chi connectivity index (χ3n) is 3.38. The Balaban J connectivity index is 2.23. The minimum Gasteiger partial charge on any atom is -0.479 e. The quantitative estimate of drug-likeness (QED) is 0.522. The maximum atomic E-state index is 11.3. The first kappa shape index (κ1) is 10.1. The number of ketones is 1. The number of carbonyl (C=O) groups is 3. The summed E-state index contributed by atoms with van der Waals surface area (Å²) < 4.78 is 0. The molecule has 1 saturated heterocycles. The van der Waals surface area contributed by atoms with Gasteiger partial charge in [0.15, 0.2) is 0 Å². The van der Waals surface area contributed by atoms with Gasteiger partial charge in [0.25, 0.3) is 5.91 Å². The fourth-order valence-corrected chi connectivity index (χ4v) is 2.42. The molecule has 82 valence electrons. The lowest BCUT2D eigenvalue weighted by molar-refractivity contribution is -0.173. The molecule has 0 spiro atoms. The van der Waals surface area contributed by atoms with Crippen LogP contribution in [0.2, 0.25) is 0 Å². The second-order valence-corrected chi connectivity index (χ2v) is 4.21. The van der Waals surface area contributed by atoms with Crippen molar-refractivity contribution in [3.05, 3.63) is 0 Å². The number of carbonyl (C=O) groups excluding carboxylic acids is 2. The number of hydrogen-bond acceptors (Lipinski definition) is 3. The lowest BCUT2D eigenvalue weighted by Crippen LogP contribution is -2.67. The van der Waals surface area contributed by atoms with Crippen molar-refractivity contribution in [1.82, 2.24) is 4.90 Å². The van der Waals surface area contributed by atoms with Gasteiger partial charge in [-0.1, -0.05) is 19.3 Å². The average molecular weight is 211 g/mol. The Labute approximate surface area is 87.1 Å². The molecule has 1 aliphatic heterocycles. The summed E-state index contributed by atoms with van der Waals surface area (Å²) >= 11 is 0. The van der Waals surface area contributed by atoms with Crippen LogP contribution in [-0.4, -0.2) is 39.7 Å². The molecule has 1 amide bonds. The number of carboxylic acids is 1. The first-order chi connectivity index (χ1) is 7.08. The number of rotatable bonds is 2. The zero-order valence-electron chi connectivity index (χ0n) is 8.36. The van der Waals surface area contributed by atoms with E-state index in [9.17, 15) is 19.5 Å². The summed E-state index contributed by atoms with van der Waals surface area (Å²) in [6, 6.07) is 0. The number of Topliss-reactive ketones (excluding diaryl/α,β-unsaturated/α-hetero) is 1. The summed E-state index contributed by atoms with van der Waals surface area (Å²) in [4.78, 5) is 34.6. The van der Waals surface area contributed by atoms with Gasteiger partial charge in [0.2, 0.25) is 5.78 Å². The van der Waals surface area contributed by atoms with Gasteiger partial charge < -0.3 is 10.0 Å². The normalized spacial score (nSPS) is 24.9. The van der Waals surface area contributed by atoms with E-state index in [0.717, 1.165) is 19.3 Å². The maximum absolute atomic E-state index is 11.3. The van der Waals surface area contributed by atoms with E-state index in [1.807, 2.05) is 0 Å². The van der Waals surface area contributed by atoms with Gasteiger partial charge in [-0.25, -0.2) is 4.79 Å². The van der Waals surface area contributed by atoms with Crippen molar-refractivity contribution in [2.45, 2.75) is 37.6 Å². The zero-order valence-corrected chi connectivity index (χ0v) is 8.36. The molecule has 1 heterocycles.